The van der Waals surface area contributed by atoms with Crippen molar-refractivity contribution < 1.29 is 0 Å². The van der Waals surface area contributed by atoms with Crippen LogP contribution in [0.4, 0.5) is 0 Å². The van der Waals surface area contributed by atoms with Gasteiger partial charge in [-0.15, -0.1) is 0 Å². The smallest absolute Gasteiger partial charge is 0.0716 e. The Kier molecular flexibility index (Phi) is 2.51. The first kappa shape index (κ1) is 10.2. The van der Waals surface area contributed by atoms with Gasteiger partial charge >= 0.3 is 0 Å². The van der Waals surface area contributed by atoms with Crippen molar-refractivity contribution in [3.8, 4) is 0 Å². The van der Waals surface area contributed by atoms with E-state index in [2.05, 4.69) is 38.0 Å². The summed E-state index contributed by atoms with van der Waals surface area (Å²) in [5, 5.41) is 5.58. The summed E-state index contributed by atoms with van der Waals surface area (Å²) >= 11 is 0. The number of aromatic nitrogens is 2. The fourth-order valence-electron chi connectivity index (χ4n) is 2.22. The van der Waals surface area contributed by atoms with E-state index in [-0.39, 0.29) is 0 Å². The highest BCUT2D eigenvalue weighted by Gasteiger charge is 2.13. The van der Waals surface area contributed by atoms with Crippen LogP contribution in [0.15, 0.2) is 18.3 Å². The highest BCUT2D eigenvalue weighted by Crippen LogP contribution is 2.30. The molecule has 0 fully saturated rings. The van der Waals surface area contributed by atoms with Gasteiger partial charge in [-0.25, -0.2) is 0 Å². The number of rotatable bonds is 2. The summed E-state index contributed by atoms with van der Waals surface area (Å²) in [6, 6.07) is 4.36. The van der Waals surface area contributed by atoms with Gasteiger partial charge in [0.25, 0.3) is 0 Å². The maximum Gasteiger partial charge on any atom is 0.0716 e. The fraction of sp³-hybridized carbons (Fsp3) is 0.462. The molecule has 1 aromatic heterocycles. The zero-order valence-electron chi connectivity index (χ0n) is 9.91. The average molecular weight is 202 g/mol. The molecule has 2 aromatic rings. The Morgan fingerprint density at radius 3 is 2.80 bits per heavy atom. The fourth-order valence-corrected chi connectivity index (χ4v) is 2.22. The molecule has 15 heavy (non-hydrogen) atoms. The van der Waals surface area contributed by atoms with Gasteiger partial charge < -0.3 is 0 Å². The number of hydrogen-bond donors (Lipinski definition) is 0. The molecule has 80 valence electrons. The van der Waals surface area contributed by atoms with E-state index < -0.39 is 0 Å². The Labute approximate surface area is 90.9 Å². The first-order valence-corrected chi connectivity index (χ1v) is 5.56. The zero-order chi connectivity index (χ0) is 11.0. The largest absolute Gasteiger partial charge is 0.268 e. The minimum atomic E-state index is 0.601. The van der Waals surface area contributed by atoms with Gasteiger partial charge in [0, 0.05) is 12.4 Å². The Bertz CT molecular complexity index is 482. The number of hydrogen-bond acceptors (Lipinski definition) is 1. The third-order valence-corrected chi connectivity index (χ3v) is 3.27. The topological polar surface area (TPSA) is 17.8 Å². The normalized spacial score (nSPS) is 13.3. The lowest BCUT2D eigenvalue weighted by atomic mass is 9.92. The molecule has 0 aliphatic rings. The minimum absolute atomic E-state index is 0.601. The van der Waals surface area contributed by atoms with Crippen LogP contribution < -0.4 is 0 Å². The van der Waals surface area contributed by atoms with E-state index in [1.54, 1.807) is 0 Å². The van der Waals surface area contributed by atoms with Crippen molar-refractivity contribution in [2.75, 3.05) is 0 Å². The monoisotopic (exact) mass is 202 g/mol. The van der Waals surface area contributed by atoms with Crippen LogP contribution in [-0.2, 0) is 7.05 Å². The Hall–Kier alpha value is -1.31. The standard InChI is InChI=1S/C13H18N2/c1-5-9(2)12-10(3)6-7-11-8-14-15(4)13(11)12/h6-9H,5H2,1-4H3. The van der Waals surface area contributed by atoms with Crippen LogP contribution in [0.25, 0.3) is 10.9 Å². The summed E-state index contributed by atoms with van der Waals surface area (Å²) in [5.41, 5.74) is 4.12. The quantitative estimate of drug-likeness (QED) is 0.729. The lowest BCUT2D eigenvalue weighted by molar-refractivity contribution is 0.718. The van der Waals surface area contributed by atoms with E-state index in [4.69, 9.17) is 0 Å². The summed E-state index contributed by atoms with van der Waals surface area (Å²) in [6.07, 6.45) is 3.12. The molecule has 0 spiro atoms. The molecular weight excluding hydrogens is 184 g/mol. The van der Waals surface area contributed by atoms with Gasteiger partial charge in [-0.2, -0.15) is 5.10 Å². The van der Waals surface area contributed by atoms with Crippen molar-refractivity contribution in [3.05, 3.63) is 29.5 Å². The number of fused-ring (bicyclic) bond motifs is 1. The van der Waals surface area contributed by atoms with Gasteiger partial charge in [-0.1, -0.05) is 26.0 Å². The molecule has 2 nitrogen and oxygen atoms in total. The Morgan fingerprint density at radius 2 is 2.13 bits per heavy atom. The minimum Gasteiger partial charge on any atom is -0.268 e. The summed E-state index contributed by atoms with van der Waals surface area (Å²) < 4.78 is 1.99. The number of benzene rings is 1. The SMILES string of the molecule is CCC(C)c1c(C)ccc2cnn(C)c12. The van der Waals surface area contributed by atoms with Crippen molar-refractivity contribution in [2.24, 2.45) is 7.05 Å². The van der Waals surface area contributed by atoms with Crippen LogP contribution in [0.3, 0.4) is 0 Å². The molecule has 0 saturated heterocycles. The lowest BCUT2D eigenvalue weighted by Crippen LogP contribution is -2.00. The predicted octanol–water partition coefficient (Wildman–Crippen LogP) is 3.40. The molecule has 0 radical (unpaired) electrons. The van der Waals surface area contributed by atoms with Crippen LogP contribution in [0.1, 0.15) is 37.3 Å². The molecule has 0 aliphatic carbocycles. The van der Waals surface area contributed by atoms with Crippen molar-refractivity contribution in [2.45, 2.75) is 33.1 Å². The average Bonchev–Trinajstić information content (AvgIpc) is 2.60. The highest BCUT2D eigenvalue weighted by molar-refractivity contribution is 5.83. The molecule has 2 rings (SSSR count). The third-order valence-electron chi connectivity index (χ3n) is 3.27. The van der Waals surface area contributed by atoms with E-state index in [9.17, 15) is 0 Å². The lowest BCUT2D eigenvalue weighted by Gasteiger charge is -2.14. The molecule has 0 amide bonds. The van der Waals surface area contributed by atoms with E-state index in [0.29, 0.717) is 5.92 Å². The van der Waals surface area contributed by atoms with Gasteiger partial charge in [0.05, 0.1) is 11.7 Å². The van der Waals surface area contributed by atoms with E-state index >= 15 is 0 Å². The van der Waals surface area contributed by atoms with Crippen LogP contribution in [-0.4, -0.2) is 9.78 Å². The van der Waals surface area contributed by atoms with Crippen molar-refractivity contribution in [3.63, 3.8) is 0 Å². The summed E-state index contributed by atoms with van der Waals surface area (Å²) in [4.78, 5) is 0. The van der Waals surface area contributed by atoms with Crippen molar-refractivity contribution in [1.29, 1.82) is 0 Å². The van der Waals surface area contributed by atoms with Crippen LogP contribution in [0.5, 0.6) is 0 Å². The van der Waals surface area contributed by atoms with Crippen LogP contribution in [0, 0.1) is 6.92 Å². The zero-order valence-corrected chi connectivity index (χ0v) is 9.91. The predicted molar refractivity (Wildman–Crippen MR) is 64.2 cm³/mol. The van der Waals surface area contributed by atoms with Crippen molar-refractivity contribution >= 4 is 10.9 Å². The molecule has 1 aromatic carbocycles. The molecule has 0 saturated carbocycles. The number of aryl methyl sites for hydroxylation is 2. The third kappa shape index (κ3) is 1.54. The van der Waals surface area contributed by atoms with Gasteiger partial charge in [-0.05, 0) is 30.4 Å². The first-order chi connectivity index (χ1) is 7.15. The summed E-state index contributed by atoms with van der Waals surface area (Å²) in [7, 11) is 2.02. The van der Waals surface area contributed by atoms with Crippen LogP contribution in [0.2, 0.25) is 0 Å². The maximum atomic E-state index is 4.33. The molecule has 2 heteroatoms. The molecule has 1 unspecified atom stereocenters. The summed E-state index contributed by atoms with van der Waals surface area (Å²) in [6.45, 7) is 6.71. The van der Waals surface area contributed by atoms with Gasteiger partial charge in [-0.3, -0.25) is 4.68 Å². The van der Waals surface area contributed by atoms with Gasteiger partial charge in [0.15, 0.2) is 0 Å². The van der Waals surface area contributed by atoms with E-state index in [1.165, 1.54) is 28.5 Å². The maximum absolute atomic E-state index is 4.33. The second kappa shape index (κ2) is 3.69. The molecule has 0 bridgehead atoms. The van der Waals surface area contributed by atoms with Gasteiger partial charge in [0.1, 0.15) is 0 Å². The van der Waals surface area contributed by atoms with Gasteiger partial charge in [0.2, 0.25) is 0 Å². The van der Waals surface area contributed by atoms with Crippen LogP contribution >= 0.6 is 0 Å². The Morgan fingerprint density at radius 1 is 1.40 bits per heavy atom. The highest BCUT2D eigenvalue weighted by atomic mass is 15.2. The molecular formula is C13H18N2. The molecule has 1 atom stereocenters. The van der Waals surface area contributed by atoms with E-state index in [0.717, 1.165) is 0 Å². The molecule has 0 aliphatic heterocycles. The molecule has 1 heterocycles. The number of nitrogens with zero attached hydrogens (tertiary/aromatic N) is 2. The van der Waals surface area contributed by atoms with Crippen molar-refractivity contribution in [1.82, 2.24) is 9.78 Å². The second-order valence-electron chi connectivity index (χ2n) is 4.31. The first-order valence-electron chi connectivity index (χ1n) is 5.56. The van der Waals surface area contributed by atoms with E-state index in [1.807, 2.05) is 17.9 Å². The Balaban J connectivity index is 2.78. The summed E-state index contributed by atoms with van der Waals surface area (Å²) in [5.74, 6) is 0.601. The molecule has 0 N–H and O–H groups in total. The second-order valence-corrected chi connectivity index (χ2v) is 4.31.